The van der Waals surface area contributed by atoms with E-state index in [0.717, 1.165) is 30.9 Å². The Morgan fingerprint density at radius 1 is 1.37 bits per heavy atom. The molecule has 2 aliphatic heterocycles. The number of nitrogens with one attached hydrogen (secondary N) is 2. The van der Waals surface area contributed by atoms with Gasteiger partial charge in [-0.05, 0) is 37.9 Å². The summed E-state index contributed by atoms with van der Waals surface area (Å²) in [6.07, 6.45) is 10.8. The number of allylic oxidation sites excluding steroid dienone is 5. The van der Waals surface area contributed by atoms with Crippen molar-refractivity contribution in [3.63, 3.8) is 0 Å². The number of nitrogens with zero attached hydrogens (tertiary/aromatic N) is 3. The zero-order valence-corrected chi connectivity index (χ0v) is 16.9. The number of likely N-dealkylation sites (N-methyl/N-ethyl adjacent to an activating group) is 1. The molecular weight excluding hydrogens is 378 g/mol. The van der Waals surface area contributed by atoms with E-state index in [9.17, 15) is 0 Å². The van der Waals surface area contributed by atoms with Crippen LogP contribution in [0.1, 0.15) is 33.6 Å². The predicted molar refractivity (Wildman–Crippen MR) is 110 cm³/mol. The Balaban J connectivity index is 1.54. The van der Waals surface area contributed by atoms with Crippen molar-refractivity contribution in [2.75, 3.05) is 18.9 Å². The lowest BCUT2D eigenvalue weighted by Gasteiger charge is -2.26. The highest BCUT2D eigenvalue weighted by molar-refractivity contribution is 8.03. The first-order valence-electron chi connectivity index (χ1n) is 9.09. The van der Waals surface area contributed by atoms with Gasteiger partial charge < -0.3 is 14.7 Å². The van der Waals surface area contributed by atoms with Crippen LogP contribution in [-0.4, -0.2) is 28.6 Å². The summed E-state index contributed by atoms with van der Waals surface area (Å²) in [6, 6.07) is 0.461. The summed E-state index contributed by atoms with van der Waals surface area (Å²) in [5.74, 6) is 0.639. The van der Waals surface area contributed by atoms with Gasteiger partial charge in [0.05, 0.1) is 0 Å². The summed E-state index contributed by atoms with van der Waals surface area (Å²) >= 11 is 3.76. The normalized spacial score (nSPS) is 21.4. The molecule has 27 heavy (non-hydrogen) atoms. The van der Waals surface area contributed by atoms with Crippen LogP contribution in [0, 0.1) is 6.92 Å². The van der Waals surface area contributed by atoms with Crippen molar-refractivity contribution < 1.29 is 4.52 Å². The monoisotopic (exact) mass is 399 g/mol. The Morgan fingerprint density at radius 3 is 3.15 bits per heavy atom. The van der Waals surface area contributed by atoms with Gasteiger partial charge in [0.2, 0.25) is 0 Å². The summed E-state index contributed by atoms with van der Waals surface area (Å²) in [7, 11) is 2.20. The molecule has 0 saturated heterocycles. The predicted octanol–water partition coefficient (Wildman–Crippen LogP) is 4.23. The number of aryl methyl sites for hydroxylation is 1. The maximum absolute atomic E-state index is 5.32. The average molecular weight is 400 g/mol. The van der Waals surface area contributed by atoms with Crippen molar-refractivity contribution in [3.05, 3.63) is 56.7 Å². The van der Waals surface area contributed by atoms with Gasteiger partial charge in [-0.2, -0.15) is 4.98 Å². The largest absolute Gasteiger partial charge is 0.357 e. The van der Waals surface area contributed by atoms with E-state index in [-0.39, 0.29) is 5.37 Å². The Morgan fingerprint density at radius 2 is 2.30 bits per heavy atom. The first-order chi connectivity index (χ1) is 13.2. The van der Waals surface area contributed by atoms with Crippen LogP contribution in [0.3, 0.4) is 0 Å². The number of rotatable bonds is 3. The third-order valence-electron chi connectivity index (χ3n) is 5.04. The summed E-state index contributed by atoms with van der Waals surface area (Å²) < 4.78 is 5.32. The van der Waals surface area contributed by atoms with E-state index in [1.165, 1.54) is 26.6 Å². The van der Waals surface area contributed by atoms with Crippen LogP contribution >= 0.6 is 23.1 Å². The average Bonchev–Trinajstić information content (AvgIpc) is 3.25. The Hall–Kier alpha value is -2.03. The molecule has 4 heterocycles. The van der Waals surface area contributed by atoms with Crippen LogP contribution in [0.2, 0.25) is 0 Å². The molecular formula is C19H21N5OS2. The van der Waals surface area contributed by atoms with Crippen molar-refractivity contribution in [3.8, 4) is 0 Å². The second-order valence-corrected chi connectivity index (χ2v) is 9.11. The minimum absolute atomic E-state index is 0.260. The number of hydrogen-bond acceptors (Lipinski definition) is 8. The standard InChI is InChI=1S/C19H21N5OS2/c1-11-21-19(25-23-11)22-17-16(12-8-9-20-10-15(12)26-17)18-24(2)13-6-4-3-5-7-14(13)27-18/h3-6,18,20H,7-10H2,1-2H3,(H,21,22,23). The molecule has 0 radical (unpaired) electrons. The number of thioether (sulfide) groups is 1. The molecule has 6 nitrogen and oxygen atoms in total. The molecule has 0 amide bonds. The topological polar surface area (TPSA) is 66.2 Å². The van der Waals surface area contributed by atoms with Crippen molar-refractivity contribution in [1.29, 1.82) is 0 Å². The summed E-state index contributed by atoms with van der Waals surface area (Å²) in [5.41, 5.74) is 4.16. The SMILES string of the molecule is Cc1noc(Nc2sc3c(c2C2SC4=C(C=CC=CC4)N2C)CCNC3)n1. The van der Waals surface area contributed by atoms with E-state index in [1.54, 1.807) is 11.3 Å². The van der Waals surface area contributed by atoms with Crippen molar-refractivity contribution in [2.24, 2.45) is 0 Å². The van der Waals surface area contributed by atoms with Crippen LogP contribution in [-0.2, 0) is 13.0 Å². The van der Waals surface area contributed by atoms with E-state index in [4.69, 9.17) is 4.52 Å². The highest BCUT2D eigenvalue weighted by Crippen LogP contribution is 2.54. The molecule has 0 bridgehead atoms. The van der Waals surface area contributed by atoms with Crippen LogP contribution in [0.5, 0.6) is 0 Å². The Kier molecular flexibility index (Phi) is 4.34. The maximum atomic E-state index is 5.32. The second-order valence-electron chi connectivity index (χ2n) is 6.83. The molecule has 0 spiro atoms. The number of anilines is 2. The van der Waals surface area contributed by atoms with E-state index < -0.39 is 0 Å². The first kappa shape index (κ1) is 17.1. The molecule has 2 N–H and O–H groups in total. The smallest absolute Gasteiger partial charge is 0.326 e. The lowest BCUT2D eigenvalue weighted by Crippen LogP contribution is -2.24. The lowest BCUT2D eigenvalue weighted by atomic mass is 10.0. The fourth-order valence-electron chi connectivity index (χ4n) is 3.77. The quantitative estimate of drug-likeness (QED) is 0.800. The summed E-state index contributed by atoms with van der Waals surface area (Å²) in [4.78, 5) is 9.57. The van der Waals surface area contributed by atoms with Gasteiger partial charge in [0.15, 0.2) is 5.82 Å². The fraction of sp³-hybridized carbons (Fsp3) is 0.368. The van der Waals surface area contributed by atoms with Gasteiger partial charge in [-0.25, -0.2) is 0 Å². The highest BCUT2D eigenvalue weighted by atomic mass is 32.2. The molecule has 3 aliphatic rings. The fourth-order valence-corrected chi connectivity index (χ4v) is 6.53. The molecule has 1 aliphatic carbocycles. The van der Waals surface area contributed by atoms with Gasteiger partial charge in [-0.15, -0.1) is 11.3 Å². The van der Waals surface area contributed by atoms with E-state index in [1.807, 2.05) is 18.7 Å². The first-order valence-corrected chi connectivity index (χ1v) is 10.8. The molecule has 0 fully saturated rings. The van der Waals surface area contributed by atoms with Crippen molar-refractivity contribution in [1.82, 2.24) is 20.4 Å². The van der Waals surface area contributed by atoms with Crippen LogP contribution in [0.25, 0.3) is 0 Å². The number of fused-ring (bicyclic) bond motifs is 1. The van der Waals surface area contributed by atoms with Gasteiger partial charge in [0, 0.05) is 34.6 Å². The minimum atomic E-state index is 0.260. The van der Waals surface area contributed by atoms with E-state index in [0.29, 0.717) is 11.8 Å². The van der Waals surface area contributed by atoms with Gasteiger partial charge >= 0.3 is 6.01 Å². The second kappa shape index (κ2) is 6.85. The number of aromatic nitrogens is 2. The number of thiophene rings is 1. The van der Waals surface area contributed by atoms with Gasteiger partial charge in [0.1, 0.15) is 10.4 Å². The summed E-state index contributed by atoms with van der Waals surface area (Å²) in [6.45, 7) is 3.78. The molecule has 0 saturated carbocycles. The van der Waals surface area contributed by atoms with Gasteiger partial charge in [0.25, 0.3) is 0 Å². The molecule has 5 rings (SSSR count). The van der Waals surface area contributed by atoms with E-state index in [2.05, 4.69) is 57.0 Å². The Bertz CT molecular complexity index is 971. The highest BCUT2D eigenvalue weighted by Gasteiger charge is 2.35. The van der Waals surface area contributed by atoms with Crippen LogP contribution in [0.15, 0.2) is 39.4 Å². The molecule has 2 aromatic heterocycles. The molecule has 2 aromatic rings. The lowest BCUT2D eigenvalue weighted by molar-refractivity contribution is 0.419. The van der Waals surface area contributed by atoms with Crippen LogP contribution in [0.4, 0.5) is 11.0 Å². The molecule has 0 aromatic carbocycles. The summed E-state index contributed by atoms with van der Waals surface area (Å²) in [5, 5.41) is 12.2. The van der Waals surface area contributed by atoms with Gasteiger partial charge in [-0.3, -0.25) is 5.32 Å². The minimum Gasteiger partial charge on any atom is -0.357 e. The zero-order chi connectivity index (χ0) is 18.4. The zero-order valence-electron chi connectivity index (χ0n) is 15.3. The van der Waals surface area contributed by atoms with Crippen molar-refractivity contribution >= 4 is 34.1 Å². The molecule has 8 heteroatoms. The molecule has 140 valence electrons. The third-order valence-corrected chi connectivity index (χ3v) is 7.64. The van der Waals surface area contributed by atoms with E-state index >= 15 is 0 Å². The van der Waals surface area contributed by atoms with Crippen LogP contribution < -0.4 is 10.6 Å². The molecule has 1 atom stereocenters. The van der Waals surface area contributed by atoms with Crippen molar-refractivity contribution in [2.45, 2.75) is 31.7 Å². The third kappa shape index (κ3) is 3.01. The number of hydrogen-bond donors (Lipinski definition) is 2. The maximum Gasteiger partial charge on any atom is 0.326 e. The van der Waals surface area contributed by atoms with Gasteiger partial charge in [-0.1, -0.05) is 35.1 Å². The molecule has 1 unspecified atom stereocenters. The Labute approximate surface area is 166 Å².